The van der Waals surface area contributed by atoms with Crippen LogP contribution < -0.4 is 0 Å². The standard InChI is InChI=1S/C15H16F2O2S/c16-15(17)13-4-2-1-3-12(13)14(18)9-7-10-5-6-11(8-9)20(10)19/h1-4,9-11,15H,5-8H2. The van der Waals surface area contributed by atoms with E-state index in [1.54, 1.807) is 6.07 Å². The number of ketones is 1. The molecule has 5 heteroatoms. The Morgan fingerprint density at radius 1 is 1.15 bits per heavy atom. The van der Waals surface area contributed by atoms with Crippen LogP contribution >= 0.6 is 0 Å². The summed E-state index contributed by atoms with van der Waals surface area (Å²) < 4.78 is 37.9. The van der Waals surface area contributed by atoms with Gasteiger partial charge in [0.25, 0.3) is 6.43 Å². The van der Waals surface area contributed by atoms with Crippen molar-refractivity contribution in [3.05, 3.63) is 35.4 Å². The predicted octanol–water partition coefficient (Wildman–Crippen LogP) is 3.50. The molecular formula is C15H16F2O2S. The summed E-state index contributed by atoms with van der Waals surface area (Å²) in [6.45, 7) is 0. The Labute approximate surface area is 119 Å². The van der Waals surface area contributed by atoms with Crippen molar-refractivity contribution < 1.29 is 17.8 Å². The van der Waals surface area contributed by atoms with Gasteiger partial charge in [-0.2, -0.15) is 0 Å². The highest BCUT2D eigenvalue weighted by atomic mass is 32.2. The maximum atomic E-state index is 13.0. The van der Waals surface area contributed by atoms with E-state index in [9.17, 15) is 17.8 Å². The molecule has 20 heavy (non-hydrogen) atoms. The van der Waals surface area contributed by atoms with Gasteiger partial charge in [0.15, 0.2) is 5.78 Å². The molecule has 0 amide bonds. The van der Waals surface area contributed by atoms with Gasteiger partial charge in [-0.3, -0.25) is 9.00 Å². The lowest BCUT2D eigenvalue weighted by molar-refractivity contribution is 0.0893. The second kappa shape index (κ2) is 5.35. The number of benzene rings is 1. The fraction of sp³-hybridized carbons (Fsp3) is 0.533. The Kier molecular flexibility index (Phi) is 3.71. The average molecular weight is 298 g/mol. The van der Waals surface area contributed by atoms with E-state index in [2.05, 4.69) is 0 Å². The highest BCUT2D eigenvalue weighted by molar-refractivity contribution is 7.86. The molecule has 0 saturated carbocycles. The van der Waals surface area contributed by atoms with Gasteiger partial charge in [-0.1, -0.05) is 24.3 Å². The lowest BCUT2D eigenvalue weighted by Gasteiger charge is -2.26. The van der Waals surface area contributed by atoms with Gasteiger partial charge in [0.05, 0.1) is 0 Å². The Morgan fingerprint density at radius 2 is 1.75 bits per heavy atom. The van der Waals surface area contributed by atoms with Crippen molar-refractivity contribution in [1.82, 2.24) is 0 Å². The third-order valence-electron chi connectivity index (χ3n) is 4.39. The molecule has 2 unspecified atom stereocenters. The summed E-state index contributed by atoms with van der Waals surface area (Å²) in [6, 6.07) is 5.94. The largest absolute Gasteiger partial charge is 0.294 e. The van der Waals surface area contributed by atoms with Gasteiger partial charge >= 0.3 is 0 Å². The van der Waals surface area contributed by atoms with Crippen molar-refractivity contribution in [3.63, 3.8) is 0 Å². The van der Waals surface area contributed by atoms with E-state index in [1.807, 2.05) is 0 Å². The summed E-state index contributed by atoms with van der Waals surface area (Å²) >= 11 is 0. The minimum Gasteiger partial charge on any atom is -0.294 e. The zero-order valence-electron chi connectivity index (χ0n) is 10.9. The topological polar surface area (TPSA) is 34.1 Å². The van der Waals surface area contributed by atoms with Crippen molar-refractivity contribution in [3.8, 4) is 0 Å². The van der Waals surface area contributed by atoms with E-state index in [-0.39, 0.29) is 33.3 Å². The van der Waals surface area contributed by atoms with E-state index in [4.69, 9.17) is 0 Å². The molecule has 2 bridgehead atoms. The summed E-state index contributed by atoms with van der Waals surface area (Å²) in [5.74, 6) is -0.445. The lowest BCUT2D eigenvalue weighted by atomic mass is 9.88. The van der Waals surface area contributed by atoms with Gasteiger partial charge in [-0.05, 0) is 25.7 Å². The van der Waals surface area contributed by atoms with E-state index in [0.717, 1.165) is 12.8 Å². The molecule has 108 valence electrons. The molecule has 2 nitrogen and oxygen atoms in total. The van der Waals surface area contributed by atoms with Gasteiger partial charge in [0.1, 0.15) is 0 Å². The van der Waals surface area contributed by atoms with Crippen molar-refractivity contribution in [1.29, 1.82) is 0 Å². The molecule has 2 fully saturated rings. The van der Waals surface area contributed by atoms with Crippen molar-refractivity contribution >= 4 is 16.6 Å². The van der Waals surface area contributed by atoms with E-state index < -0.39 is 17.2 Å². The first-order valence-corrected chi connectivity index (χ1v) is 8.16. The number of Topliss-reactive ketones (excluding diaryl/α,β-unsaturated/α-hetero) is 1. The summed E-state index contributed by atoms with van der Waals surface area (Å²) in [5, 5.41) is 0.169. The first kappa shape index (κ1) is 13.9. The molecule has 0 spiro atoms. The van der Waals surface area contributed by atoms with Crippen LogP contribution in [0.25, 0.3) is 0 Å². The minimum atomic E-state index is -2.63. The number of rotatable bonds is 3. The van der Waals surface area contributed by atoms with Gasteiger partial charge in [-0.25, -0.2) is 8.78 Å². The summed E-state index contributed by atoms with van der Waals surface area (Å²) in [6.07, 6.45) is 0.332. The molecule has 2 saturated heterocycles. The van der Waals surface area contributed by atoms with Crippen LogP contribution in [0.4, 0.5) is 8.78 Å². The Bertz CT molecular complexity index is 543. The molecule has 1 aromatic rings. The lowest BCUT2D eigenvalue weighted by Crippen LogP contribution is -2.32. The Balaban J connectivity index is 1.85. The van der Waals surface area contributed by atoms with E-state index in [1.165, 1.54) is 18.2 Å². The van der Waals surface area contributed by atoms with Gasteiger partial charge < -0.3 is 0 Å². The molecule has 2 aliphatic heterocycles. The van der Waals surface area contributed by atoms with E-state index in [0.29, 0.717) is 12.8 Å². The van der Waals surface area contributed by atoms with Crippen LogP contribution in [-0.2, 0) is 10.8 Å². The second-order valence-corrected chi connectivity index (χ2v) is 7.56. The van der Waals surface area contributed by atoms with Crippen LogP contribution in [0.2, 0.25) is 0 Å². The fourth-order valence-corrected chi connectivity index (χ4v) is 5.50. The maximum Gasteiger partial charge on any atom is 0.264 e. The van der Waals surface area contributed by atoms with Gasteiger partial charge in [0, 0.05) is 38.3 Å². The highest BCUT2D eigenvalue weighted by Crippen LogP contribution is 2.40. The molecule has 2 aliphatic rings. The van der Waals surface area contributed by atoms with Crippen molar-refractivity contribution in [2.75, 3.05) is 0 Å². The maximum absolute atomic E-state index is 13.0. The normalized spacial score (nSPS) is 32.5. The number of carbonyl (C=O) groups excluding carboxylic acids is 1. The third kappa shape index (κ3) is 2.32. The first-order chi connectivity index (χ1) is 9.58. The third-order valence-corrected chi connectivity index (χ3v) is 6.57. The van der Waals surface area contributed by atoms with Crippen LogP contribution in [0.1, 0.15) is 48.0 Å². The zero-order valence-corrected chi connectivity index (χ0v) is 11.7. The number of halogens is 2. The number of hydrogen-bond donors (Lipinski definition) is 0. The fourth-order valence-electron chi connectivity index (χ4n) is 3.38. The second-order valence-electron chi connectivity index (χ2n) is 5.57. The first-order valence-electron chi connectivity index (χ1n) is 6.88. The Hall–Kier alpha value is -1.10. The van der Waals surface area contributed by atoms with Crippen LogP contribution in [-0.4, -0.2) is 20.5 Å². The molecule has 0 N–H and O–H groups in total. The zero-order chi connectivity index (χ0) is 14.3. The summed E-state index contributed by atoms with van der Waals surface area (Å²) in [7, 11) is -0.827. The SMILES string of the molecule is O=C(c1ccccc1C(F)F)C1CC2CCC(C1)S2=O. The highest BCUT2D eigenvalue weighted by Gasteiger charge is 2.43. The smallest absolute Gasteiger partial charge is 0.264 e. The van der Waals surface area contributed by atoms with E-state index >= 15 is 0 Å². The van der Waals surface area contributed by atoms with Crippen molar-refractivity contribution in [2.24, 2.45) is 5.92 Å². The van der Waals surface area contributed by atoms with Crippen LogP contribution in [0, 0.1) is 5.92 Å². The summed E-state index contributed by atoms with van der Waals surface area (Å²) in [4.78, 5) is 12.5. The van der Waals surface area contributed by atoms with Gasteiger partial charge in [0.2, 0.25) is 0 Å². The van der Waals surface area contributed by atoms with Crippen molar-refractivity contribution in [2.45, 2.75) is 42.6 Å². The molecule has 2 atom stereocenters. The number of alkyl halides is 2. The monoisotopic (exact) mass is 298 g/mol. The summed E-state index contributed by atoms with van der Waals surface area (Å²) in [5.41, 5.74) is -0.0453. The molecule has 0 aromatic heterocycles. The number of hydrogen-bond acceptors (Lipinski definition) is 2. The molecular weight excluding hydrogens is 282 g/mol. The molecule has 2 heterocycles. The van der Waals surface area contributed by atoms with Gasteiger partial charge in [-0.15, -0.1) is 0 Å². The minimum absolute atomic E-state index is 0.0846. The van der Waals surface area contributed by atoms with Crippen LogP contribution in [0.5, 0.6) is 0 Å². The number of carbonyl (C=O) groups is 1. The predicted molar refractivity (Wildman–Crippen MR) is 73.4 cm³/mol. The van der Waals surface area contributed by atoms with Crippen LogP contribution in [0.3, 0.4) is 0 Å². The molecule has 0 radical (unpaired) electrons. The molecule has 3 rings (SSSR count). The quantitative estimate of drug-likeness (QED) is 0.800. The number of fused-ring (bicyclic) bond motifs is 2. The molecule has 0 aliphatic carbocycles. The Morgan fingerprint density at radius 3 is 2.35 bits per heavy atom. The van der Waals surface area contributed by atoms with Crippen LogP contribution in [0.15, 0.2) is 24.3 Å². The molecule has 1 aromatic carbocycles. The average Bonchev–Trinajstić information content (AvgIpc) is 2.68.